The van der Waals surface area contributed by atoms with Crippen molar-refractivity contribution in [2.24, 2.45) is 0 Å². The molecule has 2 aromatic rings. The molecule has 1 amide bonds. The molecule has 0 spiro atoms. The van der Waals surface area contributed by atoms with Crippen molar-refractivity contribution >= 4 is 46.6 Å². The highest BCUT2D eigenvalue weighted by molar-refractivity contribution is 8.00. The van der Waals surface area contributed by atoms with Crippen LogP contribution < -0.4 is 5.32 Å². The van der Waals surface area contributed by atoms with E-state index >= 15 is 0 Å². The first-order chi connectivity index (χ1) is 12.8. The summed E-state index contributed by atoms with van der Waals surface area (Å²) in [4.78, 5) is 17.3. The number of nitrogens with one attached hydrogen (secondary N) is 1. The molecular formula is C19H23Cl2N3O2S. The minimum atomic E-state index is -0.327. The van der Waals surface area contributed by atoms with Gasteiger partial charge in [0.1, 0.15) is 0 Å². The summed E-state index contributed by atoms with van der Waals surface area (Å²) in [5, 5.41) is 4.35. The van der Waals surface area contributed by atoms with Crippen LogP contribution in [0.3, 0.4) is 0 Å². The number of ether oxygens (including phenoxy) is 1. The SMILES string of the molecule is Cc1nc(S[C@H](C)C(=O)Nc2cc(Cl)cc(Cl)c2)n(C[C@@H]2CCCO2)c1C. The molecule has 1 aliphatic heterocycles. The van der Waals surface area contributed by atoms with Gasteiger partial charge in [-0.2, -0.15) is 0 Å². The van der Waals surface area contributed by atoms with E-state index in [1.807, 2.05) is 13.8 Å². The number of carbonyl (C=O) groups is 1. The van der Waals surface area contributed by atoms with Crippen LogP contribution in [-0.2, 0) is 16.1 Å². The zero-order valence-corrected chi connectivity index (χ0v) is 17.9. The minimum Gasteiger partial charge on any atom is -0.376 e. The number of imidazole rings is 1. The maximum absolute atomic E-state index is 12.6. The summed E-state index contributed by atoms with van der Waals surface area (Å²) < 4.78 is 7.93. The topological polar surface area (TPSA) is 56.2 Å². The van der Waals surface area contributed by atoms with Crippen molar-refractivity contribution in [2.45, 2.75) is 56.7 Å². The Hall–Kier alpha value is -1.21. The van der Waals surface area contributed by atoms with E-state index in [4.69, 9.17) is 27.9 Å². The molecule has 8 heteroatoms. The molecule has 0 unspecified atom stereocenters. The van der Waals surface area contributed by atoms with Crippen LogP contribution in [0, 0.1) is 13.8 Å². The molecule has 0 bridgehead atoms. The lowest BCUT2D eigenvalue weighted by molar-refractivity contribution is -0.115. The van der Waals surface area contributed by atoms with Crippen LogP contribution in [0.5, 0.6) is 0 Å². The molecule has 2 atom stereocenters. The fourth-order valence-corrected chi connectivity index (χ4v) is 4.54. The number of thioether (sulfide) groups is 1. The monoisotopic (exact) mass is 427 g/mol. The van der Waals surface area contributed by atoms with Crippen molar-refractivity contribution in [1.29, 1.82) is 0 Å². The Morgan fingerprint density at radius 2 is 2.07 bits per heavy atom. The van der Waals surface area contributed by atoms with Gasteiger partial charge in [-0.3, -0.25) is 4.79 Å². The van der Waals surface area contributed by atoms with E-state index in [9.17, 15) is 4.79 Å². The Morgan fingerprint density at radius 1 is 1.37 bits per heavy atom. The number of hydrogen-bond donors (Lipinski definition) is 1. The lowest BCUT2D eigenvalue weighted by Crippen LogP contribution is -2.23. The van der Waals surface area contributed by atoms with Gasteiger partial charge < -0.3 is 14.6 Å². The zero-order chi connectivity index (χ0) is 19.6. The predicted octanol–water partition coefficient (Wildman–Crippen LogP) is 5.11. The van der Waals surface area contributed by atoms with E-state index in [0.717, 1.165) is 42.5 Å². The number of aromatic nitrogens is 2. The van der Waals surface area contributed by atoms with Crippen molar-refractivity contribution in [1.82, 2.24) is 9.55 Å². The molecule has 1 N–H and O–H groups in total. The Balaban J connectivity index is 1.70. The lowest BCUT2D eigenvalue weighted by atomic mass is 10.2. The number of anilines is 1. The maximum Gasteiger partial charge on any atom is 0.237 e. The highest BCUT2D eigenvalue weighted by Gasteiger charge is 2.23. The van der Waals surface area contributed by atoms with Crippen LogP contribution in [0.2, 0.25) is 10.0 Å². The molecule has 3 rings (SSSR count). The van der Waals surface area contributed by atoms with Crippen molar-refractivity contribution in [3.63, 3.8) is 0 Å². The van der Waals surface area contributed by atoms with Gasteiger partial charge in [-0.15, -0.1) is 0 Å². The van der Waals surface area contributed by atoms with E-state index in [1.165, 1.54) is 11.8 Å². The van der Waals surface area contributed by atoms with E-state index in [0.29, 0.717) is 15.7 Å². The minimum absolute atomic E-state index is 0.125. The number of amides is 1. The first-order valence-corrected chi connectivity index (χ1v) is 10.6. The van der Waals surface area contributed by atoms with Gasteiger partial charge in [-0.25, -0.2) is 4.98 Å². The summed E-state index contributed by atoms with van der Waals surface area (Å²) in [6.07, 6.45) is 2.38. The number of aryl methyl sites for hydroxylation is 1. The molecule has 0 radical (unpaired) electrons. The summed E-state index contributed by atoms with van der Waals surface area (Å²) >= 11 is 13.4. The second-order valence-corrected chi connectivity index (χ2v) is 8.90. The molecule has 5 nitrogen and oxygen atoms in total. The third kappa shape index (κ3) is 5.19. The van der Waals surface area contributed by atoms with Gasteiger partial charge in [0, 0.05) is 28.0 Å². The van der Waals surface area contributed by atoms with Crippen molar-refractivity contribution in [2.75, 3.05) is 11.9 Å². The first-order valence-electron chi connectivity index (χ1n) is 8.92. The van der Waals surface area contributed by atoms with E-state index < -0.39 is 0 Å². The number of rotatable bonds is 6. The number of carbonyl (C=O) groups excluding carboxylic acids is 1. The Labute approximate surface area is 173 Å². The van der Waals surface area contributed by atoms with Gasteiger partial charge in [-0.05, 0) is 51.8 Å². The van der Waals surface area contributed by atoms with Gasteiger partial charge in [0.2, 0.25) is 5.91 Å². The van der Waals surface area contributed by atoms with Crippen LogP contribution in [0.4, 0.5) is 5.69 Å². The molecule has 0 saturated carbocycles. The number of hydrogen-bond acceptors (Lipinski definition) is 4. The molecular weight excluding hydrogens is 405 g/mol. The summed E-state index contributed by atoms with van der Waals surface area (Å²) in [6, 6.07) is 4.98. The Kier molecular flexibility index (Phi) is 6.74. The van der Waals surface area contributed by atoms with Gasteiger partial charge in [-0.1, -0.05) is 35.0 Å². The molecule has 2 heterocycles. The zero-order valence-electron chi connectivity index (χ0n) is 15.6. The second kappa shape index (κ2) is 8.86. The summed E-state index contributed by atoms with van der Waals surface area (Å²) in [6.45, 7) is 7.50. The Bertz CT molecular complexity index is 814. The van der Waals surface area contributed by atoms with Crippen LogP contribution >= 0.6 is 35.0 Å². The lowest BCUT2D eigenvalue weighted by Gasteiger charge is -2.17. The molecule has 1 aliphatic rings. The molecule has 1 aromatic carbocycles. The highest BCUT2D eigenvalue weighted by atomic mass is 35.5. The number of nitrogens with zero attached hydrogens (tertiary/aromatic N) is 2. The fraction of sp³-hybridized carbons (Fsp3) is 0.474. The number of halogens is 2. The normalized spacial score (nSPS) is 17.9. The average molecular weight is 428 g/mol. The fourth-order valence-electron chi connectivity index (χ4n) is 3.00. The van der Waals surface area contributed by atoms with Gasteiger partial charge in [0.15, 0.2) is 5.16 Å². The van der Waals surface area contributed by atoms with Gasteiger partial charge in [0.05, 0.1) is 23.6 Å². The third-order valence-electron chi connectivity index (χ3n) is 4.61. The quantitative estimate of drug-likeness (QED) is 0.650. The third-order valence-corrected chi connectivity index (χ3v) is 6.14. The van der Waals surface area contributed by atoms with Gasteiger partial charge in [0.25, 0.3) is 0 Å². The van der Waals surface area contributed by atoms with Crippen LogP contribution in [0.1, 0.15) is 31.2 Å². The van der Waals surface area contributed by atoms with Crippen molar-refractivity contribution in [3.8, 4) is 0 Å². The van der Waals surface area contributed by atoms with Crippen LogP contribution in [0.25, 0.3) is 0 Å². The maximum atomic E-state index is 12.6. The largest absolute Gasteiger partial charge is 0.376 e. The summed E-state index contributed by atoms with van der Waals surface area (Å²) in [5.74, 6) is -0.125. The smallest absolute Gasteiger partial charge is 0.237 e. The molecule has 146 valence electrons. The molecule has 1 fully saturated rings. The highest BCUT2D eigenvalue weighted by Crippen LogP contribution is 2.29. The molecule has 1 saturated heterocycles. The van der Waals surface area contributed by atoms with E-state index in [2.05, 4.69) is 21.8 Å². The molecule has 0 aliphatic carbocycles. The standard InChI is InChI=1S/C19H23Cl2N3O2S/c1-11-12(2)24(10-17-5-4-6-26-17)19(22-11)27-13(3)18(25)23-16-8-14(20)7-15(21)9-16/h7-9,13,17H,4-6,10H2,1-3H3,(H,23,25)/t13-,17+/m1/s1. The number of benzene rings is 1. The van der Waals surface area contributed by atoms with Crippen LogP contribution in [-0.4, -0.2) is 33.4 Å². The second-order valence-electron chi connectivity index (χ2n) is 6.72. The molecule has 1 aromatic heterocycles. The van der Waals surface area contributed by atoms with Crippen LogP contribution in [0.15, 0.2) is 23.4 Å². The van der Waals surface area contributed by atoms with Gasteiger partial charge >= 0.3 is 0 Å². The molecule has 27 heavy (non-hydrogen) atoms. The van der Waals surface area contributed by atoms with E-state index in [-0.39, 0.29) is 17.3 Å². The summed E-state index contributed by atoms with van der Waals surface area (Å²) in [5.41, 5.74) is 2.67. The van der Waals surface area contributed by atoms with E-state index in [1.54, 1.807) is 18.2 Å². The Morgan fingerprint density at radius 3 is 2.70 bits per heavy atom. The average Bonchev–Trinajstić information content (AvgIpc) is 3.18. The first kappa shape index (κ1) is 20.5. The summed E-state index contributed by atoms with van der Waals surface area (Å²) in [7, 11) is 0. The van der Waals surface area contributed by atoms with Crippen molar-refractivity contribution in [3.05, 3.63) is 39.6 Å². The predicted molar refractivity (Wildman–Crippen MR) is 111 cm³/mol. The van der Waals surface area contributed by atoms with Crippen molar-refractivity contribution < 1.29 is 9.53 Å².